The van der Waals surface area contributed by atoms with Crippen molar-refractivity contribution in [3.05, 3.63) is 0 Å². The van der Waals surface area contributed by atoms with Crippen molar-refractivity contribution in [2.45, 2.75) is 25.6 Å². The summed E-state index contributed by atoms with van der Waals surface area (Å²) in [6.07, 6.45) is 0.211. The number of rotatable bonds is 2. The highest BCUT2D eigenvalue weighted by Gasteiger charge is 2.22. The van der Waals surface area contributed by atoms with E-state index in [1.807, 2.05) is 6.92 Å². The Morgan fingerprint density at radius 1 is 1.50 bits per heavy atom. The van der Waals surface area contributed by atoms with Crippen molar-refractivity contribution in [3.8, 4) is 0 Å². The van der Waals surface area contributed by atoms with Gasteiger partial charge in [-0.05, 0) is 19.5 Å². The minimum absolute atomic E-state index is 0. The number of piperidine rings is 1. The van der Waals surface area contributed by atoms with Crippen LogP contribution in [-0.2, 0) is 0 Å². The molecule has 0 aromatic rings. The minimum atomic E-state index is -0.700. The second kappa shape index (κ2) is 8.05. The van der Waals surface area contributed by atoms with Gasteiger partial charge in [-0.3, -0.25) is 0 Å². The summed E-state index contributed by atoms with van der Waals surface area (Å²) < 4.78 is 12.9. The second-order valence-electron chi connectivity index (χ2n) is 2.67. The summed E-state index contributed by atoms with van der Waals surface area (Å²) in [6, 6.07) is 0.0891. The molecule has 0 unspecified atom stereocenters. The van der Waals surface area contributed by atoms with Gasteiger partial charge in [0, 0.05) is 12.6 Å². The maximum Gasteiger partial charge on any atom is 0.128 e. The van der Waals surface area contributed by atoms with E-state index in [9.17, 15) is 4.39 Å². The molecule has 0 bridgehead atoms. The number of nitrogens with one attached hydrogen (secondary N) is 2. The number of hydrogen-bond acceptors (Lipinski definition) is 2. The predicted octanol–water partition coefficient (Wildman–Crippen LogP) is 1.14. The molecule has 5 heteroatoms. The van der Waals surface area contributed by atoms with Crippen molar-refractivity contribution >= 4 is 24.8 Å². The second-order valence-corrected chi connectivity index (χ2v) is 2.67. The summed E-state index contributed by atoms with van der Waals surface area (Å²) in [5.74, 6) is 0. The molecule has 1 aliphatic rings. The first-order valence-electron chi connectivity index (χ1n) is 3.92. The Bertz CT molecular complexity index is 103. The van der Waals surface area contributed by atoms with Gasteiger partial charge < -0.3 is 10.6 Å². The smallest absolute Gasteiger partial charge is 0.128 e. The molecule has 2 atom stereocenters. The van der Waals surface area contributed by atoms with Crippen molar-refractivity contribution in [1.82, 2.24) is 10.6 Å². The number of alkyl halides is 1. The standard InChI is InChI=1S/C7H15FN2.2ClH/c1-2-10-7-3-4-9-5-6(7)8;;/h6-7,9-10H,2-5H2,1H3;2*1H/t6-,7+;;/m0../s1. The van der Waals surface area contributed by atoms with Crippen LogP contribution in [0.25, 0.3) is 0 Å². The van der Waals surface area contributed by atoms with E-state index in [1.54, 1.807) is 0 Å². The van der Waals surface area contributed by atoms with Crippen LogP contribution in [0, 0.1) is 0 Å². The highest BCUT2D eigenvalue weighted by atomic mass is 35.5. The lowest BCUT2D eigenvalue weighted by molar-refractivity contribution is 0.205. The zero-order valence-electron chi connectivity index (χ0n) is 7.18. The van der Waals surface area contributed by atoms with E-state index in [0.717, 1.165) is 19.5 Å². The molecule has 2 nitrogen and oxygen atoms in total. The first-order chi connectivity index (χ1) is 4.84. The van der Waals surface area contributed by atoms with Crippen molar-refractivity contribution in [1.29, 1.82) is 0 Å². The van der Waals surface area contributed by atoms with Gasteiger partial charge in [0.2, 0.25) is 0 Å². The molecule has 12 heavy (non-hydrogen) atoms. The summed E-state index contributed by atoms with van der Waals surface area (Å²) in [6.45, 7) is 4.33. The first-order valence-corrected chi connectivity index (χ1v) is 3.92. The Hall–Kier alpha value is 0.430. The quantitative estimate of drug-likeness (QED) is 0.727. The third kappa shape index (κ3) is 4.45. The lowest BCUT2D eigenvalue weighted by Crippen LogP contribution is -2.48. The monoisotopic (exact) mass is 218 g/mol. The molecule has 0 saturated carbocycles. The predicted molar refractivity (Wildman–Crippen MR) is 54.3 cm³/mol. The van der Waals surface area contributed by atoms with Crippen molar-refractivity contribution in [2.24, 2.45) is 0 Å². The van der Waals surface area contributed by atoms with Crippen LogP contribution in [0.1, 0.15) is 13.3 Å². The molecule has 1 heterocycles. The average Bonchev–Trinajstić information content (AvgIpc) is 1.94. The van der Waals surface area contributed by atoms with Gasteiger partial charge in [-0.15, -0.1) is 24.8 Å². The number of halogens is 3. The van der Waals surface area contributed by atoms with E-state index in [2.05, 4.69) is 10.6 Å². The van der Waals surface area contributed by atoms with Crippen LogP contribution < -0.4 is 10.6 Å². The zero-order valence-corrected chi connectivity index (χ0v) is 8.81. The Morgan fingerprint density at radius 3 is 2.67 bits per heavy atom. The van der Waals surface area contributed by atoms with Gasteiger partial charge in [0.1, 0.15) is 6.17 Å². The summed E-state index contributed by atoms with van der Waals surface area (Å²) >= 11 is 0. The molecular formula is C7H17Cl2FN2. The average molecular weight is 219 g/mol. The van der Waals surface area contributed by atoms with Gasteiger partial charge in [-0.25, -0.2) is 4.39 Å². The van der Waals surface area contributed by atoms with Gasteiger partial charge in [-0.2, -0.15) is 0 Å². The Kier molecular flexibility index (Phi) is 10.0. The van der Waals surface area contributed by atoms with E-state index in [-0.39, 0.29) is 30.9 Å². The largest absolute Gasteiger partial charge is 0.314 e. The SMILES string of the molecule is CCN[C@@H]1CCNC[C@@H]1F.Cl.Cl. The van der Waals surface area contributed by atoms with Crippen LogP contribution in [0.5, 0.6) is 0 Å². The van der Waals surface area contributed by atoms with Crippen molar-refractivity contribution < 1.29 is 4.39 Å². The van der Waals surface area contributed by atoms with E-state index in [4.69, 9.17) is 0 Å². The van der Waals surface area contributed by atoms with Gasteiger partial charge in [0.05, 0.1) is 0 Å². The van der Waals surface area contributed by atoms with Crippen molar-refractivity contribution in [2.75, 3.05) is 19.6 Å². The van der Waals surface area contributed by atoms with Gasteiger partial charge in [0.25, 0.3) is 0 Å². The van der Waals surface area contributed by atoms with Crippen LogP contribution in [-0.4, -0.2) is 31.8 Å². The lowest BCUT2D eigenvalue weighted by Gasteiger charge is -2.26. The van der Waals surface area contributed by atoms with Crippen LogP contribution >= 0.6 is 24.8 Å². The molecule has 0 amide bonds. The Balaban J connectivity index is 0. The van der Waals surface area contributed by atoms with E-state index >= 15 is 0 Å². The molecular weight excluding hydrogens is 202 g/mol. The fraction of sp³-hybridized carbons (Fsp3) is 1.00. The molecule has 0 aromatic carbocycles. The molecule has 1 saturated heterocycles. The Labute approximate surface area is 85.5 Å². The maximum absolute atomic E-state index is 12.9. The van der Waals surface area contributed by atoms with Gasteiger partial charge in [0.15, 0.2) is 0 Å². The summed E-state index contributed by atoms with van der Waals surface area (Å²) in [4.78, 5) is 0. The lowest BCUT2D eigenvalue weighted by atomic mass is 10.1. The van der Waals surface area contributed by atoms with Crippen LogP contribution in [0.3, 0.4) is 0 Å². The van der Waals surface area contributed by atoms with Crippen molar-refractivity contribution in [3.63, 3.8) is 0 Å². The molecule has 1 aliphatic heterocycles. The molecule has 2 N–H and O–H groups in total. The highest BCUT2D eigenvalue weighted by molar-refractivity contribution is 5.85. The molecule has 0 radical (unpaired) electrons. The van der Waals surface area contributed by atoms with E-state index in [0.29, 0.717) is 6.54 Å². The first kappa shape index (κ1) is 14.9. The minimum Gasteiger partial charge on any atom is -0.314 e. The topological polar surface area (TPSA) is 24.1 Å². The molecule has 0 aromatic heterocycles. The van der Waals surface area contributed by atoms with Gasteiger partial charge >= 0.3 is 0 Å². The Morgan fingerprint density at radius 2 is 2.17 bits per heavy atom. The summed E-state index contributed by atoms with van der Waals surface area (Å²) in [7, 11) is 0. The molecule has 0 aliphatic carbocycles. The molecule has 0 spiro atoms. The van der Waals surface area contributed by atoms with E-state index < -0.39 is 6.17 Å². The summed E-state index contributed by atoms with van der Waals surface area (Å²) in [5.41, 5.74) is 0. The normalized spacial score (nSPS) is 28.5. The molecule has 1 fully saturated rings. The fourth-order valence-corrected chi connectivity index (χ4v) is 1.31. The van der Waals surface area contributed by atoms with E-state index in [1.165, 1.54) is 0 Å². The van der Waals surface area contributed by atoms with Gasteiger partial charge in [-0.1, -0.05) is 6.92 Å². The highest BCUT2D eigenvalue weighted by Crippen LogP contribution is 2.06. The molecule has 1 rings (SSSR count). The van der Waals surface area contributed by atoms with Crippen LogP contribution in [0.2, 0.25) is 0 Å². The van der Waals surface area contributed by atoms with Crippen LogP contribution in [0.15, 0.2) is 0 Å². The molecule has 76 valence electrons. The zero-order chi connectivity index (χ0) is 7.40. The number of hydrogen-bond donors (Lipinski definition) is 2. The maximum atomic E-state index is 12.9. The summed E-state index contributed by atoms with van der Waals surface area (Å²) in [5, 5.41) is 6.13. The third-order valence-corrected chi connectivity index (χ3v) is 1.87. The van der Waals surface area contributed by atoms with Crippen LogP contribution in [0.4, 0.5) is 4.39 Å². The fourth-order valence-electron chi connectivity index (χ4n) is 1.31. The third-order valence-electron chi connectivity index (χ3n) is 1.87.